The molecule has 20 heavy (non-hydrogen) atoms. The fourth-order valence-corrected chi connectivity index (χ4v) is 2.28. The third-order valence-corrected chi connectivity index (χ3v) is 3.43. The number of nitrogens with one attached hydrogen (secondary N) is 1. The molecule has 1 heterocycles. The predicted molar refractivity (Wildman–Crippen MR) is 74.2 cm³/mol. The summed E-state index contributed by atoms with van der Waals surface area (Å²) in [6.45, 7) is 1.90. The van der Waals surface area contributed by atoms with Crippen LogP contribution in [-0.2, 0) is 0 Å². The molecular weight excluding hydrogens is 335 g/mol. The van der Waals surface area contributed by atoms with Crippen LogP contribution in [0.4, 0.5) is 13.2 Å². The number of benzene rings is 1. The molecule has 1 radical (unpaired) electrons. The summed E-state index contributed by atoms with van der Waals surface area (Å²) in [5, 5.41) is 6.06. The quantitative estimate of drug-likeness (QED) is 0.826. The molecule has 1 unspecified atom stereocenters. The minimum atomic E-state index is -4.53. The first kappa shape index (κ1) is 14.9. The lowest BCUT2D eigenvalue weighted by atomic mass is 10.0. The van der Waals surface area contributed by atoms with E-state index in [9.17, 15) is 13.2 Å². The monoisotopic (exact) mass is 346 g/mol. The number of halogens is 4. The van der Waals surface area contributed by atoms with Gasteiger partial charge in [0.05, 0.1) is 6.04 Å². The lowest BCUT2D eigenvalue weighted by Crippen LogP contribution is -2.32. The van der Waals surface area contributed by atoms with Gasteiger partial charge in [0, 0.05) is 0 Å². The zero-order valence-electron chi connectivity index (χ0n) is 10.6. The summed E-state index contributed by atoms with van der Waals surface area (Å²) in [5.74, 6) is 0. The third-order valence-electron chi connectivity index (χ3n) is 2.88. The van der Waals surface area contributed by atoms with Crippen molar-refractivity contribution in [2.75, 3.05) is 0 Å². The maximum atomic E-state index is 12.9. The SMILES string of the molecule is CCC(NC1=C(Br)[N]N=C1C(F)(F)F)c1ccccc1. The number of hydrogen-bond donors (Lipinski definition) is 1. The Kier molecular flexibility index (Phi) is 4.37. The molecule has 0 amide bonds. The van der Waals surface area contributed by atoms with Crippen LogP contribution in [0.15, 0.2) is 45.7 Å². The van der Waals surface area contributed by atoms with Gasteiger partial charge in [0.2, 0.25) is 0 Å². The fraction of sp³-hybridized carbons (Fsp3) is 0.308. The summed E-state index contributed by atoms with van der Waals surface area (Å²) >= 11 is 3.00. The molecule has 1 aromatic rings. The van der Waals surface area contributed by atoms with Gasteiger partial charge in [-0.15, -0.1) is 10.5 Å². The molecule has 0 fully saturated rings. The number of nitrogens with zero attached hydrogens (tertiary/aromatic N) is 2. The molecule has 1 atom stereocenters. The van der Waals surface area contributed by atoms with Gasteiger partial charge in [-0.2, -0.15) is 13.2 Å². The first-order valence-corrected chi connectivity index (χ1v) is 6.80. The molecule has 1 aliphatic heterocycles. The van der Waals surface area contributed by atoms with Gasteiger partial charge < -0.3 is 5.32 Å². The molecule has 0 aliphatic carbocycles. The molecule has 0 saturated heterocycles. The maximum absolute atomic E-state index is 12.9. The van der Waals surface area contributed by atoms with E-state index in [0.29, 0.717) is 6.42 Å². The van der Waals surface area contributed by atoms with Crippen LogP contribution in [-0.4, -0.2) is 11.9 Å². The average Bonchev–Trinajstić information content (AvgIpc) is 2.78. The summed E-state index contributed by atoms with van der Waals surface area (Å²) < 4.78 is 38.6. The summed E-state index contributed by atoms with van der Waals surface area (Å²) in [6.07, 6.45) is -3.89. The van der Waals surface area contributed by atoms with Crippen molar-refractivity contribution >= 4 is 21.6 Å². The maximum Gasteiger partial charge on any atom is 0.437 e. The smallest absolute Gasteiger partial charge is 0.374 e. The molecule has 3 nitrogen and oxygen atoms in total. The van der Waals surface area contributed by atoms with Gasteiger partial charge in [-0.1, -0.05) is 37.3 Å². The van der Waals surface area contributed by atoms with Gasteiger partial charge in [-0.25, -0.2) is 0 Å². The van der Waals surface area contributed by atoms with Crippen molar-refractivity contribution in [1.82, 2.24) is 10.7 Å². The summed E-state index contributed by atoms with van der Waals surface area (Å²) in [5.41, 5.74) is 3.24. The van der Waals surface area contributed by atoms with Gasteiger partial charge in [0.15, 0.2) is 10.3 Å². The van der Waals surface area contributed by atoms with Crippen molar-refractivity contribution in [3.05, 3.63) is 46.2 Å². The number of hydrogen-bond acceptors (Lipinski definition) is 2. The zero-order valence-corrected chi connectivity index (χ0v) is 12.2. The van der Waals surface area contributed by atoms with Gasteiger partial charge in [0.25, 0.3) is 0 Å². The zero-order chi connectivity index (χ0) is 14.8. The highest BCUT2D eigenvalue weighted by Crippen LogP contribution is 2.30. The minimum Gasteiger partial charge on any atom is -0.374 e. The van der Waals surface area contributed by atoms with Crippen LogP contribution >= 0.6 is 15.9 Å². The molecule has 2 rings (SSSR count). The summed E-state index contributed by atoms with van der Waals surface area (Å²) in [7, 11) is 0. The Morgan fingerprint density at radius 3 is 2.45 bits per heavy atom. The van der Waals surface area contributed by atoms with E-state index in [-0.39, 0.29) is 16.3 Å². The van der Waals surface area contributed by atoms with E-state index < -0.39 is 11.9 Å². The van der Waals surface area contributed by atoms with E-state index in [1.54, 1.807) is 0 Å². The number of allylic oxidation sites excluding steroid dienone is 1. The molecule has 0 spiro atoms. The predicted octanol–water partition coefficient (Wildman–Crippen LogP) is 3.83. The molecule has 1 aromatic carbocycles. The molecule has 0 saturated carbocycles. The van der Waals surface area contributed by atoms with Crippen molar-refractivity contribution in [3.8, 4) is 0 Å². The van der Waals surface area contributed by atoms with Gasteiger partial charge in [-0.05, 0) is 27.9 Å². The lowest BCUT2D eigenvalue weighted by Gasteiger charge is -2.20. The highest BCUT2D eigenvalue weighted by molar-refractivity contribution is 9.11. The van der Waals surface area contributed by atoms with Gasteiger partial charge in [-0.3, -0.25) is 0 Å². The van der Waals surface area contributed by atoms with Crippen LogP contribution < -0.4 is 10.7 Å². The molecular formula is C13H12BrF3N3. The fourth-order valence-electron chi connectivity index (χ4n) is 1.90. The summed E-state index contributed by atoms with van der Waals surface area (Å²) in [6, 6.07) is 9.05. The minimum absolute atomic E-state index is 0.0687. The Balaban J connectivity index is 2.24. The van der Waals surface area contributed by atoms with Crippen LogP contribution in [0.2, 0.25) is 0 Å². The lowest BCUT2D eigenvalue weighted by molar-refractivity contribution is -0.0585. The highest BCUT2D eigenvalue weighted by Gasteiger charge is 2.43. The third kappa shape index (κ3) is 3.15. The van der Waals surface area contributed by atoms with E-state index in [0.717, 1.165) is 5.56 Å². The molecule has 7 heteroatoms. The molecule has 0 bridgehead atoms. The van der Waals surface area contributed by atoms with Crippen molar-refractivity contribution in [2.24, 2.45) is 5.10 Å². The Labute approximate surface area is 123 Å². The van der Waals surface area contributed by atoms with Crippen molar-refractivity contribution < 1.29 is 13.2 Å². The van der Waals surface area contributed by atoms with Crippen molar-refractivity contribution in [2.45, 2.75) is 25.6 Å². The standard InChI is InChI=1S/C13H12BrF3N3/c1-2-9(8-6-4-3-5-7-8)18-10-11(13(15,16)17)19-20-12(10)14/h3-7,9,18H,2H2,1H3. The van der Waals surface area contributed by atoms with E-state index in [1.807, 2.05) is 37.3 Å². The molecule has 107 valence electrons. The molecule has 1 N–H and O–H groups in total. The van der Waals surface area contributed by atoms with Crippen LogP contribution in [0.25, 0.3) is 0 Å². The second-order valence-corrected chi connectivity index (χ2v) is 4.98. The Hall–Kier alpha value is -1.50. The number of alkyl halides is 3. The van der Waals surface area contributed by atoms with Crippen LogP contribution in [0.3, 0.4) is 0 Å². The topological polar surface area (TPSA) is 38.5 Å². The Morgan fingerprint density at radius 2 is 1.90 bits per heavy atom. The van der Waals surface area contributed by atoms with Crippen molar-refractivity contribution in [1.29, 1.82) is 0 Å². The molecule has 0 aromatic heterocycles. The van der Waals surface area contributed by atoms with Crippen molar-refractivity contribution in [3.63, 3.8) is 0 Å². The van der Waals surface area contributed by atoms with E-state index in [4.69, 9.17) is 0 Å². The first-order valence-electron chi connectivity index (χ1n) is 6.01. The van der Waals surface area contributed by atoms with E-state index in [1.165, 1.54) is 0 Å². The van der Waals surface area contributed by atoms with Crippen LogP contribution in [0.1, 0.15) is 24.9 Å². The van der Waals surface area contributed by atoms with E-state index in [2.05, 4.69) is 31.8 Å². The van der Waals surface area contributed by atoms with E-state index >= 15 is 0 Å². The van der Waals surface area contributed by atoms with Gasteiger partial charge >= 0.3 is 6.18 Å². The second kappa shape index (κ2) is 5.87. The van der Waals surface area contributed by atoms with Gasteiger partial charge in [0.1, 0.15) is 5.70 Å². The second-order valence-electron chi connectivity index (χ2n) is 4.23. The normalized spacial score (nSPS) is 16.8. The molecule has 1 aliphatic rings. The Morgan fingerprint density at radius 1 is 1.25 bits per heavy atom. The van der Waals surface area contributed by atoms with Crippen LogP contribution in [0.5, 0.6) is 0 Å². The summed E-state index contributed by atoms with van der Waals surface area (Å²) in [4.78, 5) is 0. The largest absolute Gasteiger partial charge is 0.437 e. The highest BCUT2D eigenvalue weighted by atomic mass is 79.9. The average molecular weight is 347 g/mol. The van der Waals surface area contributed by atoms with Crippen LogP contribution in [0, 0.1) is 0 Å². The first-order chi connectivity index (χ1) is 9.43. The number of rotatable bonds is 4. The Bertz CT molecular complexity index is 538.